The second-order valence-corrected chi connectivity index (χ2v) is 4.47. The Morgan fingerprint density at radius 3 is 2.33 bits per heavy atom. The van der Waals surface area contributed by atoms with Crippen LogP contribution in [-0.4, -0.2) is 11.5 Å². The fraction of sp³-hybridized carbons (Fsp3) is 0.200. The van der Waals surface area contributed by atoms with Crippen LogP contribution in [0.4, 0.5) is 17.6 Å². The van der Waals surface area contributed by atoms with E-state index in [1.807, 2.05) is 0 Å². The van der Waals surface area contributed by atoms with E-state index in [2.05, 4.69) is 4.74 Å². The topological polar surface area (TPSA) is 29.5 Å². The highest BCUT2D eigenvalue weighted by atomic mass is 19.4. The maximum absolute atomic E-state index is 12.8. The van der Waals surface area contributed by atoms with Crippen molar-refractivity contribution < 1.29 is 27.4 Å². The van der Waals surface area contributed by atoms with E-state index in [9.17, 15) is 22.7 Å². The molecule has 6 heteroatoms. The fourth-order valence-electron chi connectivity index (χ4n) is 1.88. The molecule has 21 heavy (non-hydrogen) atoms. The average Bonchev–Trinajstić information content (AvgIpc) is 2.40. The molecule has 0 bridgehead atoms. The van der Waals surface area contributed by atoms with Gasteiger partial charge in [-0.2, -0.15) is 0 Å². The number of rotatable bonds is 4. The summed E-state index contributed by atoms with van der Waals surface area (Å²) in [7, 11) is 0. The van der Waals surface area contributed by atoms with Crippen molar-refractivity contribution in [1.29, 1.82) is 0 Å². The number of halogens is 4. The highest BCUT2D eigenvalue weighted by Crippen LogP contribution is 2.26. The molecule has 2 nitrogen and oxygen atoms in total. The summed E-state index contributed by atoms with van der Waals surface area (Å²) >= 11 is 0. The van der Waals surface area contributed by atoms with Gasteiger partial charge in [0.05, 0.1) is 6.10 Å². The molecule has 0 fully saturated rings. The van der Waals surface area contributed by atoms with Crippen LogP contribution in [0.15, 0.2) is 48.5 Å². The molecule has 0 saturated heterocycles. The van der Waals surface area contributed by atoms with Crippen LogP contribution in [0.3, 0.4) is 0 Å². The van der Waals surface area contributed by atoms with E-state index < -0.39 is 24.0 Å². The van der Waals surface area contributed by atoms with E-state index >= 15 is 0 Å². The largest absolute Gasteiger partial charge is 0.573 e. The fourth-order valence-corrected chi connectivity index (χ4v) is 1.88. The van der Waals surface area contributed by atoms with Crippen molar-refractivity contribution in [2.45, 2.75) is 18.9 Å². The minimum Gasteiger partial charge on any atom is -0.406 e. The number of alkyl halides is 3. The Hall–Kier alpha value is -2.08. The number of hydrogen-bond acceptors (Lipinski definition) is 2. The molecule has 0 heterocycles. The van der Waals surface area contributed by atoms with Crippen molar-refractivity contribution >= 4 is 0 Å². The summed E-state index contributed by atoms with van der Waals surface area (Å²) in [5.41, 5.74) is 0.965. The second kappa shape index (κ2) is 6.13. The van der Waals surface area contributed by atoms with Crippen LogP contribution in [0.2, 0.25) is 0 Å². The third kappa shape index (κ3) is 4.75. The first kappa shape index (κ1) is 15.3. The molecule has 1 unspecified atom stereocenters. The number of hydrogen-bond donors (Lipinski definition) is 1. The first-order valence-electron chi connectivity index (χ1n) is 6.12. The molecule has 0 aliphatic rings. The van der Waals surface area contributed by atoms with Gasteiger partial charge in [-0.25, -0.2) is 4.39 Å². The summed E-state index contributed by atoms with van der Waals surface area (Å²) in [4.78, 5) is 0. The number of aliphatic hydroxyl groups excluding tert-OH is 1. The van der Waals surface area contributed by atoms with Crippen molar-refractivity contribution in [2.24, 2.45) is 0 Å². The maximum atomic E-state index is 12.8. The quantitative estimate of drug-likeness (QED) is 0.865. The molecule has 1 atom stereocenters. The molecule has 112 valence electrons. The Bertz CT molecular complexity index is 593. The van der Waals surface area contributed by atoms with Crippen LogP contribution in [0.5, 0.6) is 5.75 Å². The normalized spacial score (nSPS) is 13.0. The third-order valence-electron chi connectivity index (χ3n) is 2.82. The molecule has 0 saturated carbocycles. The zero-order chi connectivity index (χ0) is 15.5. The van der Waals surface area contributed by atoms with E-state index in [0.717, 1.165) is 12.1 Å². The van der Waals surface area contributed by atoms with Gasteiger partial charge in [0.1, 0.15) is 11.6 Å². The maximum Gasteiger partial charge on any atom is 0.573 e. The van der Waals surface area contributed by atoms with Crippen LogP contribution in [0, 0.1) is 5.82 Å². The van der Waals surface area contributed by atoms with Gasteiger partial charge in [-0.15, -0.1) is 13.2 Å². The predicted octanol–water partition coefficient (Wildman–Crippen LogP) is 4.00. The first-order chi connectivity index (χ1) is 9.83. The SMILES string of the molecule is OC(Cc1ccc(F)cc1)c1cccc(OC(F)(F)F)c1. The van der Waals surface area contributed by atoms with E-state index in [-0.39, 0.29) is 6.42 Å². The Kier molecular flexibility index (Phi) is 4.47. The summed E-state index contributed by atoms with van der Waals surface area (Å²) in [6, 6.07) is 10.7. The summed E-state index contributed by atoms with van der Waals surface area (Å²) in [5, 5.41) is 10.0. The Labute approximate surface area is 118 Å². The first-order valence-corrected chi connectivity index (χ1v) is 6.12. The zero-order valence-corrected chi connectivity index (χ0v) is 10.8. The van der Waals surface area contributed by atoms with Crippen molar-refractivity contribution in [2.75, 3.05) is 0 Å². The third-order valence-corrected chi connectivity index (χ3v) is 2.82. The van der Waals surface area contributed by atoms with Gasteiger partial charge in [-0.1, -0.05) is 24.3 Å². The molecule has 0 aliphatic carbocycles. The lowest BCUT2D eigenvalue weighted by Crippen LogP contribution is -2.17. The van der Waals surface area contributed by atoms with Crippen LogP contribution in [-0.2, 0) is 6.42 Å². The van der Waals surface area contributed by atoms with Gasteiger partial charge in [0.15, 0.2) is 0 Å². The van der Waals surface area contributed by atoms with Gasteiger partial charge in [0.2, 0.25) is 0 Å². The molecule has 0 amide bonds. The van der Waals surface area contributed by atoms with Crippen molar-refractivity contribution in [3.63, 3.8) is 0 Å². The summed E-state index contributed by atoms with van der Waals surface area (Å²) in [6.45, 7) is 0. The summed E-state index contributed by atoms with van der Waals surface area (Å²) in [6.07, 6.45) is -5.62. The molecule has 0 aromatic heterocycles. The van der Waals surface area contributed by atoms with E-state index in [4.69, 9.17) is 0 Å². The lowest BCUT2D eigenvalue weighted by molar-refractivity contribution is -0.274. The van der Waals surface area contributed by atoms with Crippen molar-refractivity contribution in [3.8, 4) is 5.75 Å². The molecule has 0 radical (unpaired) electrons. The molecular formula is C15H12F4O2. The van der Waals surface area contributed by atoms with Crippen LogP contribution in [0.1, 0.15) is 17.2 Å². The standard InChI is InChI=1S/C15H12F4O2/c16-12-6-4-10(5-7-12)8-14(20)11-2-1-3-13(9-11)21-15(17,18)19/h1-7,9,14,20H,8H2. The molecule has 0 spiro atoms. The summed E-state index contributed by atoms with van der Waals surface area (Å²) < 4.78 is 53.0. The Morgan fingerprint density at radius 1 is 1.05 bits per heavy atom. The minimum absolute atomic E-state index is 0.162. The number of ether oxygens (including phenoxy) is 1. The van der Waals surface area contributed by atoms with Gasteiger partial charge < -0.3 is 9.84 Å². The summed E-state index contributed by atoms with van der Waals surface area (Å²) in [5.74, 6) is -0.785. The van der Waals surface area contributed by atoms with Gasteiger partial charge in [0, 0.05) is 6.42 Å². The Balaban J connectivity index is 2.10. The molecule has 2 aromatic carbocycles. The predicted molar refractivity (Wildman–Crippen MR) is 68.2 cm³/mol. The highest BCUT2D eigenvalue weighted by Gasteiger charge is 2.31. The van der Waals surface area contributed by atoms with Gasteiger partial charge >= 0.3 is 6.36 Å². The van der Waals surface area contributed by atoms with E-state index in [0.29, 0.717) is 11.1 Å². The Morgan fingerprint density at radius 2 is 1.71 bits per heavy atom. The van der Waals surface area contributed by atoms with Crippen LogP contribution in [0.25, 0.3) is 0 Å². The molecule has 0 aliphatic heterocycles. The smallest absolute Gasteiger partial charge is 0.406 e. The van der Waals surface area contributed by atoms with Crippen molar-refractivity contribution in [1.82, 2.24) is 0 Å². The lowest BCUT2D eigenvalue weighted by atomic mass is 10.0. The van der Waals surface area contributed by atoms with Gasteiger partial charge in [-0.3, -0.25) is 0 Å². The second-order valence-electron chi connectivity index (χ2n) is 4.47. The monoisotopic (exact) mass is 300 g/mol. The molecule has 1 N–H and O–H groups in total. The van der Waals surface area contributed by atoms with E-state index in [1.54, 1.807) is 0 Å². The minimum atomic E-state index is -4.78. The van der Waals surface area contributed by atoms with Gasteiger partial charge in [0.25, 0.3) is 0 Å². The number of aliphatic hydroxyl groups is 1. The van der Waals surface area contributed by atoms with Crippen molar-refractivity contribution in [3.05, 3.63) is 65.5 Å². The lowest BCUT2D eigenvalue weighted by Gasteiger charge is -2.14. The van der Waals surface area contributed by atoms with Gasteiger partial charge in [-0.05, 0) is 35.4 Å². The molecule has 2 rings (SSSR count). The molecular weight excluding hydrogens is 288 g/mol. The highest BCUT2D eigenvalue weighted by molar-refractivity contribution is 5.31. The zero-order valence-electron chi connectivity index (χ0n) is 10.8. The number of benzene rings is 2. The van der Waals surface area contributed by atoms with E-state index in [1.165, 1.54) is 36.4 Å². The van der Waals surface area contributed by atoms with Crippen LogP contribution >= 0.6 is 0 Å². The average molecular weight is 300 g/mol. The molecule has 2 aromatic rings. The van der Waals surface area contributed by atoms with Crippen LogP contribution < -0.4 is 4.74 Å².